The zero-order chi connectivity index (χ0) is 11.0. The molecule has 0 spiro atoms. The van der Waals surface area contributed by atoms with Gasteiger partial charge < -0.3 is 9.57 Å². The summed E-state index contributed by atoms with van der Waals surface area (Å²) in [6, 6.07) is 0. The normalized spacial score (nSPS) is 11.4. The van der Waals surface area contributed by atoms with Crippen LogP contribution in [0.5, 0.6) is 0 Å². The molecule has 5 heteroatoms. The molecule has 3 N–H and O–H groups in total. The van der Waals surface area contributed by atoms with Crippen LogP contribution in [0.1, 0.15) is 33.6 Å². The third-order valence-electron chi connectivity index (χ3n) is 1.62. The summed E-state index contributed by atoms with van der Waals surface area (Å²) in [7, 11) is 0. The first-order valence-corrected chi connectivity index (χ1v) is 4.69. The topological polar surface area (TPSA) is 73.6 Å². The summed E-state index contributed by atoms with van der Waals surface area (Å²) in [6.45, 7) is 7.46. The molecule has 0 saturated heterocycles. The smallest absolute Gasteiger partial charge is 0.328 e. The fourth-order valence-electron chi connectivity index (χ4n) is 0.753. The molecular formula is C9H20N2O3. The fourth-order valence-corrected chi connectivity index (χ4v) is 0.753. The van der Waals surface area contributed by atoms with Crippen molar-refractivity contribution in [3.05, 3.63) is 0 Å². The maximum absolute atomic E-state index is 10.8. The van der Waals surface area contributed by atoms with Crippen molar-refractivity contribution in [2.24, 2.45) is 11.3 Å². The van der Waals surface area contributed by atoms with E-state index in [9.17, 15) is 4.79 Å². The van der Waals surface area contributed by atoms with E-state index in [1.54, 1.807) is 0 Å². The Hall–Kier alpha value is -0.650. The predicted molar refractivity (Wildman–Crippen MR) is 52.9 cm³/mol. The summed E-state index contributed by atoms with van der Waals surface area (Å²) in [5.74, 6) is 4.37. The van der Waals surface area contributed by atoms with Crippen molar-refractivity contribution < 1.29 is 14.4 Å². The molecule has 0 aromatic rings. The van der Waals surface area contributed by atoms with Gasteiger partial charge in [-0.2, -0.15) is 0 Å². The van der Waals surface area contributed by atoms with Crippen LogP contribution in [-0.2, 0) is 14.4 Å². The number of hydrogen-bond acceptors (Lipinski definition) is 5. The van der Waals surface area contributed by atoms with Crippen LogP contribution in [-0.4, -0.2) is 19.2 Å². The van der Waals surface area contributed by atoms with E-state index in [0.29, 0.717) is 13.2 Å². The fraction of sp³-hybridized carbons (Fsp3) is 0.889. The third kappa shape index (κ3) is 9.44. The quantitative estimate of drug-likeness (QED) is 0.379. The molecule has 0 unspecified atom stereocenters. The number of rotatable bonds is 6. The summed E-state index contributed by atoms with van der Waals surface area (Å²) < 4.78 is 5.26. The Kier molecular flexibility index (Phi) is 6.44. The van der Waals surface area contributed by atoms with Gasteiger partial charge in [-0.1, -0.05) is 26.4 Å². The first kappa shape index (κ1) is 13.4. The summed E-state index contributed by atoms with van der Waals surface area (Å²) in [5.41, 5.74) is 2.09. The summed E-state index contributed by atoms with van der Waals surface area (Å²) in [6.07, 6.45) is 1.19. The highest BCUT2D eigenvalue weighted by Crippen LogP contribution is 2.17. The molecule has 0 fully saturated rings. The monoisotopic (exact) mass is 204 g/mol. The van der Waals surface area contributed by atoms with Gasteiger partial charge in [0, 0.05) is 6.61 Å². The minimum atomic E-state index is -0.414. The van der Waals surface area contributed by atoms with Gasteiger partial charge in [0.2, 0.25) is 0 Å². The molecule has 0 aliphatic carbocycles. The van der Waals surface area contributed by atoms with Gasteiger partial charge in [-0.15, -0.1) is 0 Å². The molecule has 84 valence electrons. The standard InChI is InChI=1S/C9H20N2O3/c1-9(2,3)5-7-13-6-4-8(12)14-11-10/h11H,4-7,10H2,1-3H3. The Balaban J connectivity index is 3.26. The average molecular weight is 204 g/mol. The molecule has 0 saturated carbocycles. The molecule has 0 radical (unpaired) electrons. The molecule has 0 atom stereocenters. The van der Waals surface area contributed by atoms with Gasteiger partial charge in [0.05, 0.1) is 13.0 Å². The van der Waals surface area contributed by atoms with Gasteiger partial charge in [-0.3, -0.25) is 4.79 Å². The number of carbonyl (C=O) groups excluding carboxylic acids is 1. The molecule has 0 aliphatic heterocycles. The van der Waals surface area contributed by atoms with Crippen molar-refractivity contribution in [1.82, 2.24) is 5.59 Å². The van der Waals surface area contributed by atoms with Crippen LogP contribution in [0.2, 0.25) is 0 Å². The van der Waals surface area contributed by atoms with Gasteiger partial charge in [0.1, 0.15) is 0 Å². The molecule has 0 aromatic carbocycles. The van der Waals surface area contributed by atoms with E-state index in [1.165, 1.54) is 0 Å². The van der Waals surface area contributed by atoms with Crippen LogP contribution in [0.15, 0.2) is 0 Å². The number of hydrogen-bond donors (Lipinski definition) is 2. The van der Waals surface area contributed by atoms with E-state index in [4.69, 9.17) is 10.6 Å². The van der Waals surface area contributed by atoms with Gasteiger partial charge in [-0.25, -0.2) is 5.84 Å². The maximum atomic E-state index is 10.8. The van der Waals surface area contributed by atoms with E-state index in [0.717, 1.165) is 6.42 Å². The molecule has 0 bridgehead atoms. The van der Waals surface area contributed by atoms with Crippen molar-refractivity contribution in [1.29, 1.82) is 0 Å². The van der Waals surface area contributed by atoms with E-state index < -0.39 is 5.97 Å². The highest BCUT2D eigenvalue weighted by molar-refractivity contribution is 5.69. The highest BCUT2D eigenvalue weighted by atomic mass is 16.7. The van der Waals surface area contributed by atoms with Crippen LogP contribution >= 0.6 is 0 Å². The SMILES string of the molecule is CC(C)(C)CCOCCC(=O)ONN. The van der Waals surface area contributed by atoms with Crippen molar-refractivity contribution in [2.45, 2.75) is 33.6 Å². The lowest BCUT2D eigenvalue weighted by Gasteiger charge is -2.17. The lowest BCUT2D eigenvalue weighted by molar-refractivity contribution is -0.152. The van der Waals surface area contributed by atoms with Crippen LogP contribution in [0.4, 0.5) is 0 Å². The Morgan fingerprint density at radius 2 is 2.00 bits per heavy atom. The first-order chi connectivity index (χ1) is 6.45. The second kappa shape index (κ2) is 6.75. The third-order valence-corrected chi connectivity index (χ3v) is 1.62. The Morgan fingerprint density at radius 3 is 2.50 bits per heavy atom. The predicted octanol–water partition coefficient (Wildman–Crippen LogP) is 0.751. The number of ether oxygens (including phenoxy) is 1. The lowest BCUT2D eigenvalue weighted by atomic mass is 9.93. The minimum Gasteiger partial charge on any atom is -0.381 e. The largest absolute Gasteiger partial charge is 0.381 e. The van der Waals surface area contributed by atoms with E-state index >= 15 is 0 Å². The second-order valence-electron chi connectivity index (χ2n) is 4.26. The van der Waals surface area contributed by atoms with Crippen molar-refractivity contribution in [2.75, 3.05) is 13.2 Å². The van der Waals surface area contributed by atoms with Crippen molar-refractivity contribution >= 4 is 5.97 Å². The van der Waals surface area contributed by atoms with E-state index in [1.807, 2.05) is 5.59 Å². The van der Waals surface area contributed by atoms with Crippen LogP contribution in [0.25, 0.3) is 0 Å². The van der Waals surface area contributed by atoms with Gasteiger partial charge in [0.15, 0.2) is 0 Å². The van der Waals surface area contributed by atoms with Gasteiger partial charge in [0.25, 0.3) is 0 Å². The van der Waals surface area contributed by atoms with Gasteiger partial charge >= 0.3 is 5.97 Å². The number of nitrogens with one attached hydrogen (secondary N) is 1. The zero-order valence-corrected chi connectivity index (χ0v) is 9.13. The Morgan fingerprint density at radius 1 is 1.36 bits per heavy atom. The molecule has 0 aromatic heterocycles. The van der Waals surface area contributed by atoms with E-state index in [-0.39, 0.29) is 11.8 Å². The number of nitrogens with two attached hydrogens (primary N) is 1. The molecule has 14 heavy (non-hydrogen) atoms. The number of hydrazine groups is 1. The van der Waals surface area contributed by atoms with Crippen molar-refractivity contribution in [3.8, 4) is 0 Å². The molecule has 0 aliphatic rings. The average Bonchev–Trinajstić information content (AvgIpc) is 2.02. The van der Waals surface area contributed by atoms with Crippen molar-refractivity contribution in [3.63, 3.8) is 0 Å². The van der Waals surface area contributed by atoms with Gasteiger partial charge in [-0.05, 0) is 11.8 Å². The zero-order valence-electron chi connectivity index (χ0n) is 9.13. The molecule has 0 rings (SSSR count). The second-order valence-corrected chi connectivity index (χ2v) is 4.26. The van der Waals surface area contributed by atoms with Crippen LogP contribution < -0.4 is 11.4 Å². The Labute approximate surface area is 84.9 Å². The summed E-state index contributed by atoms with van der Waals surface area (Å²) in [4.78, 5) is 15.1. The summed E-state index contributed by atoms with van der Waals surface area (Å²) in [5, 5.41) is 0. The molecule has 0 amide bonds. The molecule has 0 heterocycles. The molecular weight excluding hydrogens is 184 g/mol. The minimum absolute atomic E-state index is 0.217. The number of carbonyl (C=O) groups is 1. The Bertz CT molecular complexity index is 166. The lowest BCUT2D eigenvalue weighted by Crippen LogP contribution is -2.26. The van der Waals surface area contributed by atoms with Crippen LogP contribution in [0, 0.1) is 5.41 Å². The van der Waals surface area contributed by atoms with Crippen LogP contribution in [0.3, 0.4) is 0 Å². The molecule has 5 nitrogen and oxygen atoms in total. The highest BCUT2D eigenvalue weighted by Gasteiger charge is 2.09. The summed E-state index contributed by atoms with van der Waals surface area (Å²) >= 11 is 0. The first-order valence-electron chi connectivity index (χ1n) is 4.69. The van der Waals surface area contributed by atoms with E-state index in [2.05, 4.69) is 25.6 Å². The maximum Gasteiger partial charge on any atom is 0.328 e.